The highest BCUT2D eigenvalue weighted by molar-refractivity contribution is 5.94. The number of benzene rings is 3. The Hall–Kier alpha value is -3.19. The minimum atomic E-state index is -0.0375. The fraction of sp³-hybridized carbons (Fsp3) is 0.406. The van der Waals surface area contributed by atoms with Gasteiger partial charge in [0, 0.05) is 57.3 Å². The maximum absolute atomic E-state index is 12.5. The average molecular weight is 514 g/mol. The molecule has 0 saturated carbocycles. The number of nitrogens with one attached hydrogen (secondary N) is 1. The van der Waals surface area contributed by atoms with Crippen LogP contribution < -0.4 is 10.1 Å². The van der Waals surface area contributed by atoms with E-state index >= 15 is 0 Å². The molecule has 38 heavy (non-hydrogen) atoms. The van der Waals surface area contributed by atoms with Gasteiger partial charge >= 0.3 is 0 Å². The molecular formula is C32H39N3O3. The van der Waals surface area contributed by atoms with Crippen molar-refractivity contribution in [2.75, 3.05) is 59.0 Å². The summed E-state index contributed by atoms with van der Waals surface area (Å²) >= 11 is 0. The summed E-state index contributed by atoms with van der Waals surface area (Å²) in [6.45, 7) is 7.96. The molecule has 2 heterocycles. The predicted octanol–water partition coefficient (Wildman–Crippen LogP) is 4.42. The third-order valence-electron chi connectivity index (χ3n) is 7.62. The van der Waals surface area contributed by atoms with Crippen molar-refractivity contribution in [1.82, 2.24) is 15.1 Å². The highest BCUT2D eigenvalue weighted by Crippen LogP contribution is 2.27. The van der Waals surface area contributed by atoms with E-state index in [-0.39, 0.29) is 12.0 Å². The second-order valence-corrected chi connectivity index (χ2v) is 10.2. The lowest BCUT2D eigenvalue weighted by Gasteiger charge is -2.34. The zero-order chi connectivity index (χ0) is 26.0. The number of nitrogens with zero attached hydrogens (tertiary/aromatic N) is 2. The third kappa shape index (κ3) is 7.44. The van der Waals surface area contributed by atoms with E-state index in [2.05, 4.69) is 75.8 Å². The first-order valence-corrected chi connectivity index (χ1v) is 13.9. The maximum Gasteiger partial charge on any atom is 0.251 e. The van der Waals surface area contributed by atoms with Crippen LogP contribution in [0.2, 0.25) is 0 Å². The number of likely N-dealkylation sites (tertiary alicyclic amines) is 1. The first kappa shape index (κ1) is 26.4. The van der Waals surface area contributed by atoms with Crippen LogP contribution in [0.3, 0.4) is 0 Å². The van der Waals surface area contributed by atoms with Gasteiger partial charge in [0.05, 0.1) is 13.2 Å². The number of ether oxygens (including phenoxy) is 2. The first-order valence-electron chi connectivity index (χ1n) is 13.9. The lowest BCUT2D eigenvalue weighted by molar-refractivity contribution is 0.0383. The van der Waals surface area contributed by atoms with Gasteiger partial charge in [-0.1, -0.05) is 60.7 Å². The Morgan fingerprint density at radius 2 is 1.42 bits per heavy atom. The van der Waals surface area contributed by atoms with Crippen LogP contribution in [0.5, 0.6) is 5.75 Å². The third-order valence-corrected chi connectivity index (χ3v) is 7.62. The fourth-order valence-electron chi connectivity index (χ4n) is 5.37. The molecule has 3 aromatic carbocycles. The fourth-order valence-corrected chi connectivity index (χ4v) is 5.37. The lowest BCUT2D eigenvalue weighted by Crippen LogP contribution is -2.41. The molecule has 0 spiro atoms. The van der Waals surface area contributed by atoms with Gasteiger partial charge in [0.15, 0.2) is 0 Å². The Labute approximate surface area is 226 Å². The van der Waals surface area contributed by atoms with Crippen molar-refractivity contribution in [1.29, 1.82) is 0 Å². The van der Waals surface area contributed by atoms with E-state index in [1.807, 2.05) is 24.3 Å². The summed E-state index contributed by atoms with van der Waals surface area (Å²) < 4.78 is 11.7. The standard InChI is InChI=1S/C32H39N3O3/c36-32(33-17-20-34-21-23-37-24-22-34)28-11-13-29(14-12-28)38-30-15-18-35(19-16-30)25-31(26-7-3-1-4-8-26)27-9-5-2-6-10-27/h1-14,30-31H,15-25H2,(H,33,36). The Balaban J connectivity index is 1.08. The van der Waals surface area contributed by atoms with Gasteiger partial charge in [-0.3, -0.25) is 9.69 Å². The van der Waals surface area contributed by atoms with E-state index in [9.17, 15) is 4.79 Å². The van der Waals surface area contributed by atoms with E-state index in [0.717, 1.165) is 71.1 Å². The highest BCUT2D eigenvalue weighted by atomic mass is 16.5. The Morgan fingerprint density at radius 1 is 0.816 bits per heavy atom. The minimum Gasteiger partial charge on any atom is -0.490 e. The number of morpholine rings is 1. The van der Waals surface area contributed by atoms with Gasteiger partial charge in [0.2, 0.25) is 0 Å². The van der Waals surface area contributed by atoms with Gasteiger partial charge < -0.3 is 19.7 Å². The van der Waals surface area contributed by atoms with Crippen molar-refractivity contribution in [2.45, 2.75) is 24.9 Å². The van der Waals surface area contributed by atoms with Crippen LogP contribution in [0.1, 0.15) is 40.2 Å². The quantitative estimate of drug-likeness (QED) is 0.435. The number of carbonyl (C=O) groups excluding carboxylic acids is 1. The topological polar surface area (TPSA) is 54.0 Å². The largest absolute Gasteiger partial charge is 0.490 e. The molecule has 3 aromatic rings. The van der Waals surface area contributed by atoms with Gasteiger partial charge in [0.1, 0.15) is 11.9 Å². The molecule has 6 nitrogen and oxygen atoms in total. The zero-order valence-corrected chi connectivity index (χ0v) is 22.1. The van der Waals surface area contributed by atoms with Crippen molar-refractivity contribution in [3.05, 3.63) is 102 Å². The van der Waals surface area contributed by atoms with Gasteiger partial charge in [-0.2, -0.15) is 0 Å². The van der Waals surface area contributed by atoms with Crippen molar-refractivity contribution < 1.29 is 14.3 Å². The number of amides is 1. The number of hydrogen-bond donors (Lipinski definition) is 1. The zero-order valence-electron chi connectivity index (χ0n) is 22.1. The number of rotatable bonds is 10. The lowest BCUT2D eigenvalue weighted by atomic mass is 9.90. The van der Waals surface area contributed by atoms with Crippen LogP contribution in [0, 0.1) is 0 Å². The van der Waals surface area contributed by atoms with Crippen LogP contribution in [0.25, 0.3) is 0 Å². The Bertz CT molecular complexity index is 1070. The summed E-state index contributed by atoms with van der Waals surface area (Å²) in [6, 6.07) is 29.2. The number of hydrogen-bond acceptors (Lipinski definition) is 5. The van der Waals surface area contributed by atoms with Crippen molar-refractivity contribution in [2.24, 2.45) is 0 Å². The molecular weight excluding hydrogens is 474 g/mol. The van der Waals surface area contributed by atoms with E-state index in [4.69, 9.17) is 9.47 Å². The van der Waals surface area contributed by atoms with Gasteiger partial charge in [-0.05, 0) is 48.2 Å². The Morgan fingerprint density at radius 3 is 2.03 bits per heavy atom. The SMILES string of the molecule is O=C(NCCN1CCOCC1)c1ccc(OC2CCN(CC(c3ccccc3)c3ccccc3)CC2)cc1. The number of carbonyl (C=O) groups is 1. The van der Waals surface area contributed by atoms with Crippen molar-refractivity contribution in [3.8, 4) is 5.75 Å². The summed E-state index contributed by atoms with van der Waals surface area (Å²) in [7, 11) is 0. The number of piperidine rings is 1. The first-order chi connectivity index (χ1) is 18.7. The van der Waals surface area contributed by atoms with E-state index in [1.54, 1.807) is 0 Å². The van der Waals surface area contributed by atoms with Gasteiger partial charge in [-0.15, -0.1) is 0 Å². The van der Waals surface area contributed by atoms with E-state index in [0.29, 0.717) is 18.0 Å². The summed E-state index contributed by atoms with van der Waals surface area (Å²) in [5, 5.41) is 3.02. The average Bonchev–Trinajstić information content (AvgIpc) is 2.98. The molecule has 0 radical (unpaired) electrons. The van der Waals surface area contributed by atoms with E-state index in [1.165, 1.54) is 11.1 Å². The molecule has 1 N–H and O–H groups in total. The second kappa shape index (κ2) is 13.6. The molecule has 2 fully saturated rings. The summed E-state index contributed by atoms with van der Waals surface area (Å²) in [6.07, 6.45) is 2.20. The van der Waals surface area contributed by atoms with Crippen LogP contribution in [0.15, 0.2) is 84.9 Å². The van der Waals surface area contributed by atoms with Crippen LogP contribution in [-0.2, 0) is 4.74 Å². The molecule has 1 amide bonds. The highest BCUT2D eigenvalue weighted by Gasteiger charge is 2.24. The monoisotopic (exact) mass is 513 g/mol. The van der Waals surface area contributed by atoms with Crippen LogP contribution in [-0.4, -0.2) is 80.8 Å². The van der Waals surface area contributed by atoms with Crippen molar-refractivity contribution in [3.63, 3.8) is 0 Å². The molecule has 0 bridgehead atoms. The predicted molar refractivity (Wildman–Crippen MR) is 151 cm³/mol. The smallest absolute Gasteiger partial charge is 0.251 e. The summed E-state index contributed by atoms with van der Waals surface area (Å²) in [4.78, 5) is 17.4. The summed E-state index contributed by atoms with van der Waals surface area (Å²) in [5.41, 5.74) is 3.40. The summed E-state index contributed by atoms with van der Waals surface area (Å²) in [5.74, 6) is 1.16. The van der Waals surface area contributed by atoms with Crippen LogP contribution in [0.4, 0.5) is 0 Å². The minimum absolute atomic E-state index is 0.0375. The second-order valence-electron chi connectivity index (χ2n) is 10.2. The van der Waals surface area contributed by atoms with Crippen molar-refractivity contribution >= 4 is 5.91 Å². The molecule has 2 aliphatic heterocycles. The molecule has 0 atom stereocenters. The maximum atomic E-state index is 12.5. The Kier molecular flexibility index (Phi) is 9.43. The molecule has 2 aliphatic rings. The molecule has 0 unspecified atom stereocenters. The molecule has 5 rings (SSSR count). The molecule has 200 valence electrons. The van der Waals surface area contributed by atoms with Gasteiger partial charge in [0.25, 0.3) is 5.91 Å². The molecule has 0 aliphatic carbocycles. The molecule has 6 heteroatoms. The normalized spacial score (nSPS) is 17.4. The van der Waals surface area contributed by atoms with Gasteiger partial charge in [-0.25, -0.2) is 0 Å². The van der Waals surface area contributed by atoms with E-state index < -0.39 is 0 Å². The molecule has 0 aromatic heterocycles. The van der Waals surface area contributed by atoms with Crippen LogP contribution >= 0.6 is 0 Å². The molecule has 2 saturated heterocycles.